The maximum Gasteiger partial charge on any atom is 0.318 e. The summed E-state index contributed by atoms with van der Waals surface area (Å²) in [7, 11) is 1.92. The van der Waals surface area contributed by atoms with E-state index in [2.05, 4.69) is 31.3 Å². The molecule has 0 spiro atoms. The molecule has 5 rings (SSSR count). The molecule has 4 aromatic rings. The maximum atomic E-state index is 13.6. The number of aromatic nitrogens is 4. The van der Waals surface area contributed by atoms with Crippen LogP contribution in [0.1, 0.15) is 31.1 Å². The number of nitrogens with one attached hydrogen (secondary N) is 1. The summed E-state index contributed by atoms with van der Waals surface area (Å²) in [4.78, 5) is 27.3. The third-order valence-electron chi connectivity index (χ3n) is 6.45. The molecular weight excluding hydrogens is 465 g/mol. The van der Waals surface area contributed by atoms with Gasteiger partial charge in [0.15, 0.2) is 0 Å². The molecule has 4 heterocycles. The Bertz CT molecular complexity index is 1380. The number of piperazine rings is 1. The first kappa shape index (κ1) is 23.2. The zero-order chi connectivity index (χ0) is 24.7. The molecule has 182 valence electrons. The molecule has 1 saturated heterocycles. The number of hydrogen-bond donors (Lipinski definition) is 1. The Morgan fingerprint density at radius 3 is 2.80 bits per heavy atom. The predicted molar refractivity (Wildman–Crippen MR) is 136 cm³/mol. The average molecular weight is 494 g/mol. The van der Waals surface area contributed by atoms with Crippen LogP contribution in [-0.4, -0.2) is 56.4 Å². The van der Waals surface area contributed by atoms with Crippen LogP contribution in [0.3, 0.4) is 0 Å². The second-order valence-corrected chi connectivity index (χ2v) is 10.1. The van der Waals surface area contributed by atoms with Crippen molar-refractivity contribution < 1.29 is 9.18 Å². The monoisotopic (exact) mass is 493 g/mol. The fourth-order valence-corrected chi connectivity index (χ4v) is 5.81. The van der Waals surface area contributed by atoms with Crippen molar-refractivity contribution in [2.75, 3.05) is 24.5 Å². The summed E-state index contributed by atoms with van der Waals surface area (Å²) in [5.74, 6) is 0.588. The van der Waals surface area contributed by atoms with Crippen LogP contribution in [0.2, 0.25) is 0 Å². The summed E-state index contributed by atoms with van der Waals surface area (Å²) >= 11 is 1.67. The van der Waals surface area contributed by atoms with Crippen LogP contribution in [0.5, 0.6) is 0 Å². The van der Waals surface area contributed by atoms with Crippen molar-refractivity contribution in [3.63, 3.8) is 0 Å². The molecule has 10 heteroatoms. The molecule has 0 saturated carbocycles. The molecular formula is C25H28FN7OS. The number of amides is 2. The number of fused-ring (bicyclic) bond motifs is 1. The van der Waals surface area contributed by atoms with Crippen molar-refractivity contribution >= 4 is 33.4 Å². The number of nitrogens with zero attached hydrogens (tertiary/aromatic N) is 6. The van der Waals surface area contributed by atoms with Crippen molar-refractivity contribution in [2.45, 2.75) is 32.9 Å². The van der Waals surface area contributed by atoms with E-state index in [4.69, 9.17) is 0 Å². The van der Waals surface area contributed by atoms with Crippen molar-refractivity contribution in [3.05, 3.63) is 59.9 Å². The lowest BCUT2D eigenvalue weighted by Gasteiger charge is -2.40. The standard InChI is InChI=1S/C25H28FN7OS/c1-15-12-32(8-9-33(15)25(34)29-16(2)18-6-5-7-19(26)10-18)24-23-21(27-14-28-24)11-22(35-23)20-13-31(4)30-17(20)3/h5-7,10-11,13-16H,8-9,12H2,1-4H3,(H,29,34)/t15-,16?/m1/s1. The van der Waals surface area contributed by atoms with Crippen LogP contribution < -0.4 is 10.2 Å². The largest absolute Gasteiger partial charge is 0.351 e. The van der Waals surface area contributed by atoms with Crippen LogP contribution in [-0.2, 0) is 7.05 Å². The third-order valence-corrected chi connectivity index (χ3v) is 7.60. The van der Waals surface area contributed by atoms with Gasteiger partial charge in [0.25, 0.3) is 0 Å². The van der Waals surface area contributed by atoms with E-state index < -0.39 is 0 Å². The van der Waals surface area contributed by atoms with Gasteiger partial charge in [-0.15, -0.1) is 11.3 Å². The third kappa shape index (κ3) is 4.58. The van der Waals surface area contributed by atoms with E-state index in [9.17, 15) is 9.18 Å². The van der Waals surface area contributed by atoms with Crippen molar-refractivity contribution in [3.8, 4) is 10.4 Å². The lowest BCUT2D eigenvalue weighted by Crippen LogP contribution is -2.57. The molecule has 1 aromatic carbocycles. The Balaban J connectivity index is 1.31. The molecule has 1 aliphatic rings. The van der Waals surface area contributed by atoms with E-state index >= 15 is 0 Å². The summed E-state index contributed by atoms with van der Waals surface area (Å²) in [6, 6.07) is 7.97. The number of aryl methyl sites for hydroxylation is 2. The first-order valence-corrected chi connectivity index (χ1v) is 12.4. The fraction of sp³-hybridized carbons (Fsp3) is 0.360. The molecule has 3 aromatic heterocycles. The van der Waals surface area contributed by atoms with Crippen LogP contribution in [0.15, 0.2) is 42.9 Å². The molecule has 1 unspecified atom stereocenters. The predicted octanol–water partition coefficient (Wildman–Crippen LogP) is 4.52. The average Bonchev–Trinajstić information content (AvgIpc) is 3.40. The van der Waals surface area contributed by atoms with Gasteiger partial charge >= 0.3 is 6.03 Å². The van der Waals surface area contributed by atoms with Gasteiger partial charge in [0.05, 0.1) is 22.0 Å². The summed E-state index contributed by atoms with van der Waals surface area (Å²) < 4.78 is 16.4. The molecule has 35 heavy (non-hydrogen) atoms. The number of carbonyl (C=O) groups is 1. The number of halogens is 1. The topological polar surface area (TPSA) is 79.2 Å². The van der Waals surface area contributed by atoms with Gasteiger partial charge in [-0.3, -0.25) is 4.68 Å². The van der Waals surface area contributed by atoms with Gasteiger partial charge in [0.2, 0.25) is 0 Å². The summed E-state index contributed by atoms with van der Waals surface area (Å²) in [5, 5.41) is 7.47. The van der Waals surface area contributed by atoms with Gasteiger partial charge < -0.3 is 15.1 Å². The number of benzene rings is 1. The minimum absolute atomic E-state index is 0.0199. The number of urea groups is 1. The number of hydrogen-bond acceptors (Lipinski definition) is 6. The molecule has 2 amide bonds. The summed E-state index contributed by atoms with van der Waals surface area (Å²) in [6.45, 7) is 7.80. The SMILES string of the molecule is Cc1nn(C)cc1-c1cc2ncnc(N3CCN(C(=O)NC(C)c4cccc(F)c4)[C@H](C)C3)c2s1. The normalized spacial score (nSPS) is 17.1. The number of anilines is 1. The van der Waals surface area contributed by atoms with Gasteiger partial charge in [0.1, 0.15) is 18.0 Å². The molecule has 1 N–H and O–H groups in total. The first-order chi connectivity index (χ1) is 16.8. The Labute approximate surface area is 207 Å². The number of rotatable bonds is 4. The lowest BCUT2D eigenvalue weighted by molar-refractivity contribution is 0.168. The maximum absolute atomic E-state index is 13.6. The minimum atomic E-state index is -0.308. The minimum Gasteiger partial charge on any atom is -0.351 e. The van der Waals surface area contributed by atoms with E-state index in [1.165, 1.54) is 12.1 Å². The Morgan fingerprint density at radius 1 is 1.26 bits per heavy atom. The Morgan fingerprint density at radius 2 is 2.09 bits per heavy atom. The highest BCUT2D eigenvalue weighted by molar-refractivity contribution is 7.22. The van der Waals surface area contributed by atoms with Gasteiger partial charge in [-0.2, -0.15) is 5.10 Å². The molecule has 8 nitrogen and oxygen atoms in total. The van der Waals surface area contributed by atoms with Gasteiger partial charge in [0, 0.05) is 49.4 Å². The van der Waals surface area contributed by atoms with Crippen molar-refractivity contribution in [1.82, 2.24) is 30.0 Å². The van der Waals surface area contributed by atoms with Crippen molar-refractivity contribution in [1.29, 1.82) is 0 Å². The Hall–Kier alpha value is -3.53. The molecule has 1 fully saturated rings. The van der Waals surface area contributed by atoms with E-state index in [0.717, 1.165) is 37.7 Å². The van der Waals surface area contributed by atoms with E-state index in [-0.39, 0.29) is 23.9 Å². The molecule has 2 atom stereocenters. The Kier molecular flexibility index (Phi) is 6.14. The highest BCUT2D eigenvalue weighted by Gasteiger charge is 2.30. The van der Waals surface area contributed by atoms with Crippen molar-refractivity contribution in [2.24, 2.45) is 7.05 Å². The summed E-state index contributed by atoms with van der Waals surface area (Å²) in [6.07, 6.45) is 3.63. The van der Waals surface area contributed by atoms with Gasteiger partial charge in [-0.05, 0) is 44.5 Å². The van der Waals surface area contributed by atoms with Gasteiger partial charge in [-0.25, -0.2) is 19.2 Å². The second-order valence-electron chi connectivity index (χ2n) is 9.04. The molecule has 0 bridgehead atoms. The smallest absolute Gasteiger partial charge is 0.318 e. The quantitative estimate of drug-likeness (QED) is 0.452. The first-order valence-electron chi connectivity index (χ1n) is 11.6. The lowest BCUT2D eigenvalue weighted by atomic mass is 10.1. The van der Waals surface area contributed by atoms with Crippen LogP contribution in [0.4, 0.5) is 15.0 Å². The highest BCUT2D eigenvalue weighted by Crippen LogP contribution is 2.38. The highest BCUT2D eigenvalue weighted by atomic mass is 32.1. The number of carbonyl (C=O) groups excluding carboxylic acids is 1. The zero-order valence-electron chi connectivity index (χ0n) is 20.2. The fourth-order valence-electron chi connectivity index (χ4n) is 4.62. The molecule has 1 aliphatic heterocycles. The van der Waals surface area contributed by atoms with E-state index in [1.54, 1.807) is 23.7 Å². The molecule has 0 radical (unpaired) electrons. The van der Waals surface area contributed by atoms with E-state index in [0.29, 0.717) is 19.6 Å². The second kappa shape index (κ2) is 9.26. The van der Waals surface area contributed by atoms with Crippen LogP contribution in [0.25, 0.3) is 20.7 Å². The zero-order valence-corrected chi connectivity index (χ0v) is 21.0. The van der Waals surface area contributed by atoms with E-state index in [1.807, 2.05) is 49.7 Å². The van der Waals surface area contributed by atoms with Gasteiger partial charge in [-0.1, -0.05) is 12.1 Å². The summed E-state index contributed by atoms with van der Waals surface area (Å²) in [5.41, 5.74) is 3.73. The molecule has 0 aliphatic carbocycles. The van der Waals surface area contributed by atoms with Crippen LogP contribution >= 0.6 is 11.3 Å². The number of thiophene rings is 1. The van der Waals surface area contributed by atoms with Crippen LogP contribution in [0, 0.1) is 12.7 Å².